The van der Waals surface area contributed by atoms with Gasteiger partial charge in [-0.25, -0.2) is 4.98 Å². The van der Waals surface area contributed by atoms with Crippen LogP contribution < -0.4 is 15.2 Å². The van der Waals surface area contributed by atoms with Crippen molar-refractivity contribution in [3.63, 3.8) is 0 Å². The van der Waals surface area contributed by atoms with Crippen molar-refractivity contribution in [1.82, 2.24) is 9.38 Å². The van der Waals surface area contributed by atoms with E-state index in [1.54, 1.807) is 0 Å². The van der Waals surface area contributed by atoms with Crippen molar-refractivity contribution < 1.29 is 9.47 Å². The fourth-order valence-electron chi connectivity index (χ4n) is 2.64. The lowest BCUT2D eigenvalue weighted by Crippen LogP contribution is -2.15. The lowest BCUT2D eigenvalue weighted by molar-refractivity contribution is 0.171. The van der Waals surface area contributed by atoms with Crippen molar-refractivity contribution in [2.24, 2.45) is 0 Å². The van der Waals surface area contributed by atoms with Crippen molar-refractivity contribution in [3.8, 4) is 22.8 Å². The smallest absolute Gasteiger partial charge is 0.162 e. The monoisotopic (exact) mass is 281 g/mol. The van der Waals surface area contributed by atoms with E-state index in [0.29, 0.717) is 13.2 Å². The molecule has 1 aromatic carbocycles. The molecule has 0 aliphatic carbocycles. The highest BCUT2D eigenvalue weighted by atomic mass is 16.6. The molecule has 3 heterocycles. The Morgan fingerprint density at radius 2 is 1.90 bits per heavy atom. The summed E-state index contributed by atoms with van der Waals surface area (Å²) in [4.78, 5) is 4.68. The van der Waals surface area contributed by atoms with Gasteiger partial charge in [-0.05, 0) is 36.8 Å². The minimum atomic E-state index is 0.581. The summed E-state index contributed by atoms with van der Waals surface area (Å²) < 4.78 is 13.1. The number of hydrogen-bond donors (Lipinski definition) is 1. The van der Waals surface area contributed by atoms with Gasteiger partial charge in [0.2, 0.25) is 0 Å². The van der Waals surface area contributed by atoms with Crippen molar-refractivity contribution >= 4 is 11.3 Å². The second kappa shape index (κ2) is 4.41. The number of imidazole rings is 1. The molecule has 0 saturated heterocycles. The molecule has 5 nitrogen and oxygen atoms in total. The van der Waals surface area contributed by atoms with Gasteiger partial charge in [-0.15, -0.1) is 0 Å². The van der Waals surface area contributed by atoms with E-state index in [-0.39, 0.29) is 0 Å². The maximum atomic E-state index is 5.88. The summed E-state index contributed by atoms with van der Waals surface area (Å²) in [5.41, 5.74) is 10.5. The van der Waals surface area contributed by atoms with Crippen molar-refractivity contribution in [2.75, 3.05) is 18.9 Å². The molecule has 0 atom stereocenters. The zero-order chi connectivity index (χ0) is 14.4. The molecule has 3 aromatic rings. The van der Waals surface area contributed by atoms with E-state index in [0.717, 1.165) is 39.7 Å². The van der Waals surface area contributed by atoms with Gasteiger partial charge in [0.15, 0.2) is 11.5 Å². The number of aryl methyl sites for hydroxylation is 1. The Morgan fingerprint density at radius 1 is 1.10 bits per heavy atom. The maximum Gasteiger partial charge on any atom is 0.162 e. The van der Waals surface area contributed by atoms with Crippen molar-refractivity contribution in [3.05, 3.63) is 42.2 Å². The number of ether oxygens (including phenoxy) is 2. The third-order valence-electron chi connectivity index (χ3n) is 3.59. The fraction of sp³-hybridized carbons (Fsp3) is 0.188. The summed E-state index contributed by atoms with van der Waals surface area (Å²) in [5.74, 6) is 1.56. The first-order valence-electron chi connectivity index (χ1n) is 6.85. The van der Waals surface area contributed by atoms with E-state index in [4.69, 9.17) is 15.2 Å². The highest BCUT2D eigenvalue weighted by Gasteiger charge is 2.14. The molecule has 0 unspecified atom stereocenters. The quantitative estimate of drug-likeness (QED) is 0.745. The summed E-state index contributed by atoms with van der Waals surface area (Å²) >= 11 is 0. The molecule has 2 aromatic heterocycles. The summed E-state index contributed by atoms with van der Waals surface area (Å²) in [7, 11) is 0. The zero-order valence-corrected chi connectivity index (χ0v) is 11.7. The first-order chi connectivity index (χ1) is 10.2. The molecule has 1 aliphatic rings. The van der Waals surface area contributed by atoms with E-state index in [1.165, 1.54) is 0 Å². The van der Waals surface area contributed by atoms with Gasteiger partial charge in [-0.3, -0.25) is 0 Å². The molecule has 0 fully saturated rings. The highest BCUT2D eigenvalue weighted by Crippen LogP contribution is 2.34. The van der Waals surface area contributed by atoms with Crippen LogP contribution in [0.25, 0.3) is 16.9 Å². The number of aromatic nitrogens is 2. The first-order valence-corrected chi connectivity index (χ1v) is 6.85. The first kappa shape index (κ1) is 12.1. The normalized spacial score (nSPS) is 13.6. The van der Waals surface area contributed by atoms with Crippen molar-refractivity contribution in [2.45, 2.75) is 6.92 Å². The van der Waals surface area contributed by atoms with Gasteiger partial charge in [0, 0.05) is 23.6 Å². The Labute approximate surface area is 121 Å². The Bertz CT molecular complexity index is 839. The van der Waals surface area contributed by atoms with Gasteiger partial charge in [-0.2, -0.15) is 0 Å². The lowest BCUT2D eigenvalue weighted by Gasteiger charge is -2.18. The largest absolute Gasteiger partial charge is 0.486 e. The molecule has 0 radical (unpaired) electrons. The zero-order valence-electron chi connectivity index (χ0n) is 11.7. The molecular weight excluding hydrogens is 266 g/mol. The predicted molar refractivity (Wildman–Crippen MR) is 80.8 cm³/mol. The van der Waals surface area contributed by atoms with Crippen LogP contribution >= 0.6 is 0 Å². The van der Waals surface area contributed by atoms with Gasteiger partial charge in [0.05, 0.1) is 5.69 Å². The number of nitrogen functional groups attached to an aromatic ring is 1. The van der Waals surface area contributed by atoms with Crippen LogP contribution in [-0.4, -0.2) is 22.6 Å². The number of fused-ring (bicyclic) bond motifs is 2. The third-order valence-corrected chi connectivity index (χ3v) is 3.59. The summed E-state index contributed by atoms with van der Waals surface area (Å²) in [5, 5.41) is 0. The molecule has 1 aliphatic heterocycles. The van der Waals surface area contributed by atoms with Crippen LogP contribution in [0.1, 0.15) is 5.56 Å². The molecule has 21 heavy (non-hydrogen) atoms. The van der Waals surface area contributed by atoms with Crippen LogP contribution in [0.5, 0.6) is 11.5 Å². The minimum absolute atomic E-state index is 0.581. The van der Waals surface area contributed by atoms with Crippen LogP contribution in [0, 0.1) is 6.92 Å². The van der Waals surface area contributed by atoms with Crippen LogP contribution in [0.4, 0.5) is 5.69 Å². The number of pyridine rings is 1. The van der Waals surface area contributed by atoms with Crippen LogP contribution in [-0.2, 0) is 0 Å². The van der Waals surface area contributed by atoms with Crippen LogP contribution in [0.3, 0.4) is 0 Å². The molecule has 0 amide bonds. The molecule has 4 rings (SSSR count). The van der Waals surface area contributed by atoms with E-state index < -0.39 is 0 Å². The molecule has 106 valence electrons. The molecule has 5 heteroatoms. The predicted octanol–water partition coefficient (Wildman–Crippen LogP) is 2.66. The third kappa shape index (κ3) is 1.98. The van der Waals surface area contributed by atoms with Gasteiger partial charge in [-0.1, -0.05) is 0 Å². The number of nitrogens with two attached hydrogens (primary N) is 1. The number of anilines is 1. The summed E-state index contributed by atoms with van der Waals surface area (Å²) in [6.45, 7) is 3.18. The van der Waals surface area contributed by atoms with E-state index in [1.807, 2.05) is 48.0 Å². The molecule has 0 saturated carbocycles. The average Bonchev–Trinajstić information content (AvgIpc) is 2.91. The van der Waals surface area contributed by atoms with Gasteiger partial charge in [0.25, 0.3) is 0 Å². The van der Waals surface area contributed by atoms with Crippen LogP contribution in [0.2, 0.25) is 0 Å². The number of nitrogens with zero attached hydrogens (tertiary/aromatic N) is 2. The number of benzene rings is 1. The standard InChI is InChI=1S/C16H15N3O2/c1-10-6-12(17)8-19-9-13(18-16(10)19)11-2-3-14-15(7-11)21-5-4-20-14/h2-3,6-9H,4-5,17H2,1H3. The van der Waals surface area contributed by atoms with Gasteiger partial charge >= 0.3 is 0 Å². The van der Waals surface area contributed by atoms with E-state index in [9.17, 15) is 0 Å². The molecule has 0 spiro atoms. The maximum absolute atomic E-state index is 5.88. The molecule has 0 bridgehead atoms. The Balaban J connectivity index is 1.84. The highest BCUT2D eigenvalue weighted by molar-refractivity contribution is 5.68. The summed E-state index contributed by atoms with van der Waals surface area (Å²) in [6.07, 6.45) is 3.85. The lowest BCUT2D eigenvalue weighted by atomic mass is 10.1. The van der Waals surface area contributed by atoms with E-state index >= 15 is 0 Å². The van der Waals surface area contributed by atoms with Gasteiger partial charge < -0.3 is 19.6 Å². The summed E-state index contributed by atoms with van der Waals surface area (Å²) in [6, 6.07) is 7.81. The minimum Gasteiger partial charge on any atom is -0.486 e. The Hall–Kier alpha value is -2.69. The molecule has 2 N–H and O–H groups in total. The van der Waals surface area contributed by atoms with Crippen LogP contribution in [0.15, 0.2) is 36.7 Å². The number of hydrogen-bond acceptors (Lipinski definition) is 4. The van der Waals surface area contributed by atoms with E-state index in [2.05, 4.69) is 4.98 Å². The molecular formula is C16H15N3O2. The van der Waals surface area contributed by atoms with Gasteiger partial charge in [0.1, 0.15) is 18.9 Å². The average molecular weight is 281 g/mol. The number of rotatable bonds is 1. The fourth-order valence-corrected chi connectivity index (χ4v) is 2.64. The Kier molecular flexibility index (Phi) is 2.54. The SMILES string of the molecule is Cc1cc(N)cn2cc(-c3ccc4c(c3)OCCO4)nc12. The second-order valence-electron chi connectivity index (χ2n) is 5.17. The van der Waals surface area contributed by atoms with Crippen molar-refractivity contribution in [1.29, 1.82) is 0 Å². The second-order valence-corrected chi connectivity index (χ2v) is 5.17. The topological polar surface area (TPSA) is 61.8 Å². The Morgan fingerprint density at radius 3 is 2.76 bits per heavy atom.